The van der Waals surface area contributed by atoms with Crippen molar-refractivity contribution in [3.05, 3.63) is 35.4 Å². The Morgan fingerprint density at radius 3 is 2.40 bits per heavy atom. The lowest BCUT2D eigenvalue weighted by molar-refractivity contribution is -0.135. The van der Waals surface area contributed by atoms with Gasteiger partial charge in [0.1, 0.15) is 0 Å². The minimum atomic E-state index is 0.0673. The second-order valence-electron chi connectivity index (χ2n) is 5.55. The van der Waals surface area contributed by atoms with Crippen LogP contribution >= 0.6 is 12.2 Å². The number of carbonyl (C=O) groups is 1. The lowest BCUT2D eigenvalue weighted by atomic mass is 10.0. The highest BCUT2D eigenvalue weighted by Crippen LogP contribution is 2.28. The van der Waals surface area contributed by atoms with Gasteiger partial charge in [0.15, 0.2) is 0 Å². The van der Waals surface area contributed by atoms with Gasteiger partial charge in [0.2, 0.25) is 5.91 Å². The van der Waals surface area contributed by atoms with Crippen LogP contribution in [-0.2, 0) is 17.6 Å². The van der Waals surface area contributed by atoms with E-state index >= 15 is 0 Å². The van der Waals surface area contributed by atoms with Crippen molar-refractivity contribution in [2.45, 2.75) is 26.7 Å². The maximum Gasteiger partial charge on any atom is 0.226 e. The zero-order chi connectivity index (χ0) is 14.7. The second kappa shape index (κ2) is 6.35. The fourth-order valence-corrected chi connectivity index (χ4v) is 2.86. The second-order valence-corrected chi connectivity index (χ2v) is 6.03. The van der Waals surface area contributed by atoms with Crippen molar-refractivity contribution in [3.63, 3.8) is 0 Å². The number of nitrogens with two attached hydrogens (primary N) is 1. The van der Waals surface area contributed by atoms with Gasteiger partial charge in [0, 0.05) is 24.9 Å². The Kier molecular flexibility index (Phi) is 4.76. The Morgan fingerprint density at radius 2 is 1.95 bits per heavy atom. The SMILES string of the molecule is CCN(CC(C)C(N)=S)C(=O)C1Cc2ccccc2C1. The third kappa shape index (κ3) is 3.18. The van der Waals surface area contributed by atoms with Crippen molar-refractivity contribution >= 4 is 23.1 Å². The van der Waals surface area contributed by atoms with E-state index in [4.69, 9.17) is 18.0 Å². The molecule has 0 saturated carbocycles. The number of carbonyl (C=O) groups excluding carboxylic acids is 1. The van der Waals surface area contributed by atoms with Crippen molar-refractivity contribution in [1.82, 2.24) is 4.90 Å². The summed E-state index contributed by atoms with van der Waals surface area (Å²) >= 11 is 5.00. The summed E-state index contributed by atoms with van der Waals surface area (Å²) < 4.78 is 0. The van der Waals surface area contributed by atoms with E-state index in [2.05, 4.69) is 12.1 Å². The first-order chi connectivity index (χ1) is 9.52. The molecule has 3 nitrogen and oxygen atoms in total. The minimum absolute atomic E-state index is 0.0673. The first-order valence-corrected chi connectivity index (χ1v) is 7.58. The number of hydrogen-bond donors (Lipinski definition) is 1. The summed E-state index contributed by atoms with van der Waals surface area (Å²) in [5.74, 6) is 0.371. The molecule has 0 aliphatic heterocycles. The lowest BCUT2D eigenvalue weighted by Crippen LogP contribution is -2.41. The lowest BCUT2D eigenvalue weighted by Gasteiger charge is -2.26. The molecule has 1 aliphatic rings. The van der Waals surface area contributed by atoms with Gasteiger partial charge in [-0.2, -0.15) is 0 Å². The molecule has 0 radical (unpaired) electrons. The highest BCUT2D eigenvalue weighted by atomic mass is 32.1. The molecule has 1 aromatic carbocycles. The van der Waals surface area contributed by atoms with Gasteiger partial charge in [0.05, 0.1) is 4.99 Å². The molecule has 1 aromatic rings. The van der Waals surface area contributed by atoms with E-state index in [1.807, 2.05) is 30.9 Å². The van der Waals surface area contributed by atoms with Gasteiger partial charge in [-0.3, -0.25) is 4.79 Å². The number of thiocarbonyl (C=S) groups is 1. The Hall–Kier alpha value is -1.42. The number of benzene rings is 1. The number of amides is 1. The summed E-state index contributed by atoms with van der Waals surface area (Å²) in [7, 11) is 0. The predicted octanol–water partition coefficient (Wildman–Crippen LogP) is 2.17. The number of fused-ring (bicyclic) bond motifs is 1. The molecule has 0 bridgehead atoms. The molecule has 108 valence electrons. The number of nitrogens with zero attached hydrogens (tertiary/aromatic N) is 1. The fraction of sp³-hybridized carbons (Fsp3) is 0.500. The quantitative estimate of drug-likeness (QED) is 0.845. The monoisotopic (exact) mass is 290 g/mol. The average Bonchev–Trinajstić information content (AvgIpc) is 2.87. The van der Waals surface area contributed by atoms with E-state index in [1.165, 1.54) is 11.1 Å². The Balaban J connectivity index is 2.02. The summed E-state index contributed by atoms with van der Waals surface area (Å²) in [5, 5.41) is 0. The highest BCUT2D eigenvalue weighted by Gasteiger charge is 2.30. The van der Waals surface area contributed by atoms with E-state index < -0.39 is 0 Å². The van der Waals surface area contributed by atoms with E-state index in [9.17, 15) is 4.79 Å². The van der Waals surface area contributed by atoms with E-state index in [0.29, 0.717) is 18.1 Å². The molecule has 0 saturated heterocycles. The van der Waals surface area contributed by atoms with Crippen LogP contribution in [0.3, 0.4) is 0 Å². The smallest absolute Gasteiger partial charge is 0.226 e. The van der Waals surface area contributed by atoms with Gasteiger partial charge in [-0.25, -0.2) is 0 Å². The topological polar surface area (TPSA) is 46.3 Å². The predicted molar refractivity (Wildman–Crippen MR) is 85.5 cm³/mol. The third-order valence-electron chi connectivity index (χ3n) is 4.07. The van der Waals surface area contributed by atoms with Crippen LogP contribution < -0.4 is 5.73 Å². The van der Waals surface area contributed by atoms with Crippen molar-refractivity contribution in [2.75, 3.05) is 13.1 Å². The molecule has 2 rings (SSSR count). The van der Waals surface area contributed by atoms with Crippen LogP contribution in [-0.4, -0.2) is 28.9 Å². The molecule has 1 unspecified atom stereocenters. The average molecular weight is 290 g/mol. The summed E-state index contributed by atoms with van der Waals surface area (Å²) in [6.07, 6.45) is 1.71. The van der Waals surface area contributed by atoms with Gasteiger partial charge in [0.25, 0.3) is 0 Å². The molecular weight excluding hydrogens is 268 g/mol. The van der Waals surface area contributed by atoms with Crippen molar-refractivity contribution in [2.24, 2.45) is 17.6 Å². The summed E-state index contributed by atoms with van der Waals surface area (Å²) in [5.41, 5.74) is 8.27. The first kappa shape index (κ1) is 15.0. The zero-order valence-electron chi connectivity index (χ0n) is 12.1. The van der Waals surface area contributed by atoms with Crippen LogP contribution in [0.15, 0.2) is 24.3 Å². The van der Waals surface area contributed by atoms with E-state index in [1.54, 1.807) is 0 Å². The van der Waals surface area contributed by atoms with Crippen LogP contribution in [0, 0.1) is 11.8 Å². The van der Waals surface area contributed by atoms with Crippen LogP contribution in [0.25, 0.3) is 0 Å². The highest BCUT2D eigenvalue weighted by molar-refractivity contribution is 7.80. The number of rotatable bonds is 5. The Bertz CT molecular complexity index is 490. The largest absolute Gasteiger partial charge is 0.393 e. The van der Waals surface area contributed by atoms with E-state index in [0.717, 1.165) is 12.8 Å². The summed E-state index contributed by atoms with van der Waals surface area (Å²) in [6.45, 7) is 5.31. The maximum atomic E-state index is 12.6. The molecule has 2 N–H and O–H groups in total. The molecule has 0 heterocycles. The maximum absolute atomic E-state index is 12.6. The summed E-state index contributed by atoms with van der Waals surface area (Å²) in [4.78, 5) is 15.0. The Morgan fingerprint density at radius 1 is 1.40 bits per heavy atom. The molecule has 0 aromatic heterocycles. The van der Waals surface area contributed by atoms with Gasteiger partial charge >= 0.3 is 0 Å². The summed E-state index contributed by atoms with van der Waals surface area (Å²) in [6, 6.07) is 8.32. The van der Waals surface area contributed by atoms with Crippen LogP contribution in [0.1, 0.15) is 25.0 Å². The van der Waals surface area contributed by atoms with Gasteiger partial charge in [-0.1, -0.05) is 43.4 Å². The van der Waals surface area contributed by atoms with Crippen molar-refractivity contribution in [1.29, 1.82) is 0 Å². The molecule has 4 heteroatoms. The standard InChI is InChI=1S/C16H22N2OS/c1-3-18(10-11(2)15(17)20)16(19)14-8-12-6-4-5-7-13(12)9-14/h4-7,11,14H,3,8-10H2,1-2H3,(H2,17,20). The van der Waals surface area contributed by atoms with Crippen LogP contribution in [0.5, 0.6) is 0 Å². The van der Waals surface area contributed by atoms with Crippen LogP contribution in [0.2, 0.25) is 0 Å². The van der Waals surface area contributed by atoms with Gasteiger partial charge < -0.3 is 10.6 Å². The normalized spacial score (nSPS) is 15.7. The van der Waals surface area contributed by atoms with Gasteiger partial charge in [-0.05, 0) is 30.9 Å². The molecule has 1 aliphatic carbocycles. The first-order valence-electron chi connectivity index (χ1n) is 7.17. The number of hydrogen-bond acceptors (Lipinski definition) is 2. The zero-order valence-corrected chi connectivity index (χ0v) is 13.0. The molecule has 0 spiro atoms. The van der Waals surface area contributed by atoms with Crippen molar-refractivity contribution in [3.8, 4) is 0 Å². The van der Waals surface area contributed by atoms with Gasteiger partial charge in [-0.15, -0.1) is 0 Å². The molecule has 20 heavy (non-hydrogen) atoms. The van der Waals surface area contributed by atoms with Crippen molar-refractivity contribution < 1.29 is 4.79 Å². The molecule has 0 fully saturated rings. The minimum Gasteiger partial charge on any atom is -0.393 e. The molecule has 1 atom stereocenters. The third-order valence-corrected chi connectivity index (χ3v) is 4.48. The fourth-order valence-electron chi connectivity index (χ4n) is 2.79. The Labute approximate surface area is 126 Å². The molecular formula is C16H22N2OS. The molecule has 1 amide bonds. The van der Waals surface area contributed by atoms with Crippen LogP contribution in [0.4, 0.5) is 0 Å². The van der Waals surface area contributed by atoms with E-state index in [-0.39, 0.29) is 17.7 Å².